The van der Waals surface area contributed by atoms with Crippen LogP contribution in [0.3, 0.4) is 0 Å². The van der Waals surface area contributed by atoms with E-state index >= 15 is 0 Å². The summed E-state index contributed by atoms with van der Waals surface area (Å²) in [4.78, 5) is 40.2. The molecular formula is C22H32BN3O6S. The molecule has 9 nitrogen and oxygen atoms in total. The van der Waals surface area contributed by atoms with Crippen LogP contribution in [0.2, 0.25) is 0 Å². The zero-order valence-corrected chi connectivity index (χ0v) is 20.4. The Labute approximate surface area is 199 Å². The van der Waals surface area contributed by atoms with Gasteiger partial charge in [-0.2, -0.15) is 11.8 Å². The summed E-state index contributed by atoms with van der Waals surface area (Å²) in [6.07, 6.45) is 2.95. The second-order valence-corrected chi connectivity index (χ2v) is 10.2. The van der Waals surface area contributed by atoms with Crippen molar-refractivity contribution in [3.05, 3.63) is 23.8 Å². The van der Waals surface area contributed by atoms with Gasteiger partial charge in [0.15, 0.2) is 0 Å². The number of amides is 3. The Morgan fingerprint density at radius 1 is 1.36 bits per heavy atom. The number of rotatable bonds is 7. The summed E-state index contributed by atoms with van der Waals surface area (Å²) in [5, 5.41) is 15.5. The average Bonchev–Trinajstić information content (AvgIpc) is 3.36. The van der Waals surface area contributed by atoms with Crippen molar-refractivity contribution in [3.63, 3.8) is 0 Å². The first-order valence-corrected chi connectivity index (χ1v) is 12.5. The van der Waals surface area contributed by atoms with Crippen molar-refractivity contribution in [2.24, 2.45) is 0 Å². The number of carbonyl (C=O) groups is 3. The van der Waals surface area contributed by atoms with Crippen LogP contribution in [-0.2, 0) is 25.6 Å². The van der Waals surface area contributed by atoms with Gasteiger partial charge in [0.05, 0.1) is 6.61 Å². The van der Waals surface area contributed by atoms with E-state index in [9.17, 15) is 19.4 Å². The molecule has 1 aromatic carbocycles. The number of thioether (sulfide) groups is 1. The third-order valence-electron chi connectivity index (χ3n) is 5.51. The number of benzene rings is 1. The fraction of sp³-hybridized carbons (Fsp3) is 0.591. The van der Waals surface area contributed by atoms with Crippen molar-refractivity contribution < 1.29 is 28.8 Å². The lowest BCUT2D eigenvalue weighted by molar-refractivity contribution is -0.138. The van der Waals surface area contributed by atoms with Crippen LogP contribution in [0, 0.1) is 0 Å². The molecule has 33 heavy (non-hydrogen) atoms. The van der Waals surface area contributed by atoms with Crippen LogP contribution in [0.1, 0.15) is 45.6 Å². The molecule has 2 atom stereocenters. The molecule has 180 valence electrons. The number of fused-ring (bicyclic) bond motifs is 1. The molecule has 1 aromatic rings. The van der Waals surface area contributed by atoms with Gasteiger partial charge in [0.25, 0.3) is 0 Å². The Bertz CT molecular complexity index is 893. The molecule has 0 radical (unpaired) electrons. The normalized spacial score (nSPS) is 18.6. The third-order valence-corrected chi connectivity index (χ3v) is 6.16. The largest absolute Gasteiger partial charge is 0.491 e. The Balaban J connectivity index is 1.68. The van der Waals surface area contributed by atoms with Gasteiger partial charge in [0.1, 0.15) is 17.7 Å². The summed E-state index contributed by atoms with van der Waals surface area (Å²) in [6, 6.07) is 3.85. The number of likely N-dealkylation sites (tertiary alicyclic amines) is 1. The van der Waals surface area contributed by atoms with E-state index in [2.05, 4.69) is 10.6 Å². The maximum absolute atomic E-state index is 13.3. The average molecular weight is 477 g/mol. The Morgan fingerprint density at radius 2 is 2.12 bits per heavy atom. The summed E-state index contributed by atoms with van der Waals surface area (Å²) in [5.41, 5.74) is 1.36. The van der Waals surface area contributed by atoms with Gasteiger partial charge in [-0.1, -0.05) is 6.07 Å². The monoisotopic (exact) mass is 477 g/mol. The number of anilines is 1. The van der Waals surface area contributed by atoms with Crippen molar-refractivity contribution in [2.45, 2.75) is 64.3 Å². The Morgan fingerprint density at radius 3 is 2.82 bits per heavy atom. The van der Waals surface area contributed by atoms with Crippen LogP contribution >= 0.6 is 11.8 Å². The predicted octanol–water partition coefficient (Wildman–Crippen LogP) is 1.48. The van der Waals surface area contributed by atoms with E-state index < -0.39 is 30.9 Å². The third kappa shape index (κ3) is 6.64. The lowest BCUT2D eigenvalue weighted by Crippen LogP contribution is -2.53. The van der Waals surface area contributed by atoms with Crippen LogP contribution < -0.4 is 16.1 Å². The Hall–Kier alpha value is -2.24. The minimum atomic E-state index is -1.00. The van der Waals surface area contributed by atoms with Gasteiger partial charge in [0, 0.05) is 12.2 Å². The van der Waals surface area contributed by atoms with Crippen molar-refractivity contribution in [3.8, 4) is 0 Å². The van der Waals surface area contributed by atoms with Gasteiger partial charge >= 0.3 is 13.2 Å². The quantitative estimate of drug-likeness (QED) is 0.510. The molecular weight excluding hydrogens is 445 g/mol. The van der Waals surface area contributed by atoms with Gasteiger partial charge in [0.2, 0.25) is 11.8 Å². The summed E-state index contributed by atoms with van der Waals surface area (Å²) < 4.78 is 10.5. The molecule has 0 aromatic heterocycles. The fourth-order valence-corrected chi connectivity index (χ4v) is 4.44. The number of carbonyl (C=O) groups excluding carboxylic acids is 3. The summed E-state index contributed by atoms with van der Waals surface area (Å²) >= 11 is 1.58. The maximum Gasteiger partial charge on any atom is 0.491 e. The van der Waals surface area contributed by atoms with Crippen molar-refractivity contribution in [2.75, 3.05) is 23.9 Å². The first-order chi connectivity index (χ1) is 15.6. The van der Waals surface area contributed by atoms with Crippen LogP contribution in [-0.4, -0.2) is 71.2 Å². The van der Waals surface area contributed by atoms with E-state index in [4.69, 9.17) is 9.39 Å². The van der Waals surface area contributed by atoms with Gasteiger partial charge in [-0.05, 0) is 75.2 Å². The second kappa shape index (κ2) is 10.8. The molecule has 2 aliphatic heterocycles. The smallest absolute Gasteiger partial charge is 0.444 e. The predicted molar refractivity (Wildman–Crippen MR) is 128 cm³/mol. The minimum Gasteiger partial charge on any atom is -0.444 e. The topological polar surface area (TPSA) is 117 Å². The standard InChI is InChI=1S/C22H32BN3O6S/c1-22(2,3)32-21(29)25-17(9-11-33-4)20(28)26-10-5-6-18(26)19(27)24-15-8-7-14-13-31-23(30)16(14)12-15/h7-8,12,17-18,30H,5-6,9-11,13H2,1-4H3,(H,24,27)(H,25,29)/t17-,18-/m0/s1. The van der Waals surface area contributed by atoms with E-state index in [0.717, 1.165) is 5.56 Å². The first-order valence-electron chi connectivity index (χ1n) is 11.1. The molecule has 2 aliphatic rings. The number of ether oxygens (including phenoxy) is 1. The van der Waals surface area contributed by atoms with Crippen molar-refractivity contribution >= 4 is 47.9 Å². The van der Waals surface area contributed by atoms with E-state index in [1.54, 1.807) is 49.6 Å². The fourth-order valence-electron chi connectivity index (χ4n) is 3.96. The molecule has 0 unspecified atom stereocenters. The van der Waals surface area contributed by atoms with Crippen LogP contribution in [0.15, 0.2) is 18.2 Å². The zero-order chi connectivity index (χ0) is 24.2. The number of alkyl carbamates (subject to hydrolysis) is 1. The highest BCUT2D eigenvalue weighted by Gasteiger charge is 2.38. The summed E-state index contributed by atoms with van der Waals surface area (Å²) in [6.45, 7) is 6.06. The molecule has 0 spiro atoms. The van der Waals surface area contributed by atoms with Crippen LogP contribution in [0.5, 0.6) is 0 Å². The first kappa shape index (κ1) is 25.4. The minimum absolute atomic E-state index is 0.287. The Kier molecular flexibility index (Phi) is 8.31. The molecule has 3 amide bonds. The number of hydrogen-bond donors (Lipinski definition) is 3. The number of hydrogen-bond acceptors (Lipinski definition) is 7. The molecule has 1 saturated heterocycles. The van der Waals surface area contributed by atoms with Gasteiger partial charge in [-0.25, -0.2) is 4.79 Å². The summed E-state index contributed by atoms with van der Waals surface area (Å²) in [7, 11) is -1.00. The lowest BCUT2D eigenvalue weighted by Gasteiger charge is -2.29. The molecule has 3 N–H and O–H groups in total. The number of nitrogens with one attached hydrogen (secondary N) is 2. The second-order valence-electron chi connectivity index (χ2n) is 9.24. The van der Waals surface area contributed by atoms with Gasteiger partial charge in [-0.15, -0.1) is 0 Å². The highest BCUT2D eigenvalue weighted by Crippen LogP contribution is 2.22. The number of nitrogens with zero attached hydrogens (tertiary/aromatic N) is 1. The van der Waals surface area contributed by atoms with Crippen LogP contribution in [0.25, 0.3) is 0 Å². The van der Waals surface area contributed by atoms with E-state index in [1.807, 2.05) is 12.3 Å². The molecule has 0 saturated carbocycles. The van der Waals surface area contributed by atoms with Crippen LogP contribution in [0.4, 0.5) is 10.5 Å². The van der Waals surface area contributed by atoms with Crippen molar-refractivity contribution in [1.82, 2.24) is 10.2 Å². The molecule has 0 bridgehead atoms. The molecule has 11 heteroatoms. The van der Waals surface area contributed by atoms with E-state index in [-0.39, 0.29) is 11.8 Å². The van der Waals surface area contributed by atoms with Gasteiger partial charge in [-0.3, -0.25) is 9.59 Å². The maximum atomic E-state index is 13.3. The summed E-state index contributed by atoms with van der Waals surface area (Å²) in [5.74, 6) is 0.0941. The highest BCUT2D eigenvalue weighted by molar-refractivity contribution is 7.98. The van der Waals surface area contributed by atoms with E-state index in [1.165, 1.54) is 0 Å². The van der Waals surface area contributed by atoms with Crippen molar-refractivity contribution in [1.29, 1.82) is 0 Å². The highest BCUT2D eigenvalue weighted by atomic mass is 32.2. The zero-order valence-electron chi connectivity index (χ0n) is 19.6. The molecule has 1 fully saturated rings. The van der Waals surface area contributed by atoms with Gasteiger partial charge < -0.3 is 29.9 Å². The molecule has 2 heterocycles. The SMILES string of the molecule is CSCC[C@H](NC(=O)OC(C)(C)C)C(=O)N1CCC[C@H]1C(=O)Nc1ccc2c(c1)B(O)OC2. The van der Waals surface area contributed by atoms with E-state index in [0.29, 0.717) is 49.3 Å². The molecule has 0 aliphatic carbocycles. The lowest BCUT2D eigenvalue weighted by atomic mass is 9.79. The molecule has 3 rings (SSSR count).